The van der Waals surface area contributed by atoms with Gasteiger partial charge in [-0.25, -0.2) is 9.31 Å². The van der Waals surface area contributed by atoms with Gasteiger partial charge >= 0.3 is 5.76 Å². The van der Waals surface area contributed by atoms with Crippen molar-refractivity contribution in [2.75, 3.05) is 7.11 Å². The lowest BCUT2D eigenvalue weighted by Gasteiger charge is -2.41. The fourth-order valence-electron chi connectivity index (χ4n) is 6.85. The molecule has 0 aliphatic heterocycles. The highest BCUT2D eigenvalue weighted by Gasteiger charge is 2.38. The molecule has 1 saturated carbocycles. The quantitative estimate of drug-likeness (QED) is 0.196. The number of aryl methyl sites for hydroxylation is 1. The van der Waals surface area contributed by atoms with E-state index >= 15 is 0 Å². The molecule has 0 saturated heterocycles. The Kier molecular flexibility index (Phi) is 8.80. The number of aromatic amines is 1. The van der Waals surface area contributed by atoms with E-state index in [1.165, 1.54) is 6.33 Å². The van der Waals surface area contributed by atoms with Crippen molar-refractivity contribution >= 4 is 5.78 Å². The second kappa shape index (κ2) is 12.8. The van der Waals surface area contributed by atoms with E-state index in [4.69, 9.17) is 9.26 Å². The number of aliphatic hydroxyl groups is 1. The summed E-state index contributed by atoms with van der Waals surface area (Å²) in [5.41, 5.74) is 4.18. The maximum atomic E-state index is 14.4. The molecule has 1 aliphatic carbocycles. The van der Waals surface area contributed by atoms with Crippen LogP contribution in [-0.2, 0) is 17.6 Å². The van der Waals surface area contributed by atoms with E-state index in [0.717, 1.165) is 72.0 Å². The summed E-state index contributed by atoms with van der Waals surface area (Å²) in [6.07, 6.45) is 8.15. The second-order valence-corrected chi connectivity index (χ2v) is 13.1. The molecule has 3 aromatic heterocycles. The first kappa shape index (κ1) is 31.6. The molecule has 11 nitrogen and oxygen atoms in total. The van der Waals surface area contributed by atoms with E-state index in [9.17, 15) is 14.7 Å². The average molecular weight is 627 g/mol. The Bertz CT molecular complexity index is 1920. The molecule has 2 N–H and O–H groups in total. The number of fused-ring (bicyclic) bond motifs is 1. The molecule has 5 aromatic rings. The van der Waals surface area contributed by atoms with E-state index in [0.29, 0.717) is 30.9 Å². The predicted molar refractivity (Wildman–Crippen MR) is 175 cm³/mol. The van der Waals surface area contributed by atoms with Crippen molar-refractivity contribution in [2.24, 2.45) is 0 Å². The van der Waals surface area contributed by atoms with Gasteiger partial charge in [-0.3, -0.25) is 18.9 Å². The number of hydrogen-bond acceptors (Lipinski definition) is 8. The highest BCUT2D eigenvalue weighted by atomic mass is 16.5. The van der Waals surface area contributed by atoms with Gasteiger partial charge in [-0.05, 0) is 75.5 Å². The summed E-state index contributed by atoms with van der Waals surface area (Å²) in [5, 5.41) is 18.8. The number of ether oxygens (including phenoxy) is 1. The third-order valence-electron chi connectivity index (χ3n) is 9.44. The average Bonchev–Trinajstić information content (AvgIpc) is 3.72. The number of nitrogens with one attached hydrogen (secondary N) is 1. The summed E-state index contributed by atoms with van der Waals surface area (Å²) in [7, 11) is 1.75. The maximum Gasteiger partial charge on any atom is 0.439 e. The van der Waals surface area contributed by atoms with Gasteiger partial charge in [-0.2, -0.15) is 10.1 Å². The zero-order chi connectivity index (χ0) is 32.5. The molecular formula is C35H42N6O5. The van der Waals surface area contributed by atoms with Crippen LogP contribution in [0, 0.1) is 0 Å². The van der Waals surface area contributed by atoms with Crippen LogP contribution in [0.2, 0.25) is 0 Å². The number of hydrogen-bond donors (Lipinski definition) is 2. The van der Waals surface area contributed by atoms with Crippen LogP contribution >= 0.6 is 0 Å². The van der Waals surface area contributed by atoms with Crippen molar-refractivity contribution < 1.29 is 14.4 Å². The highest BCUT2D eigenvalue weighted by molar-refractivity contribution is 5.80. The van der Waals surface area contributed by atoms with Gasteiger partial charge in [0.1, 0.15) is 6.33 Å². The van der Waals surface area contributed by atoms with Crippen LogP contribution in [0.15, 0.2) is 69.0 Å². The van der Waals surface area contributed by atoms with Crippen LogP contribution in [0.1, 0.15) is 88.6 Å². The zero-order valence-corrected chi connectivity index (χ0v) is 27.0. The van der Waals surface area contributed by atoms with Crippen LogP contribution in [0.3, 0.4) is 0 Å². The van der Waals surface area contributed by atoms with Gasteiger partial charge in [-0.15, -0.1) is 0 Å². The maximum absolute atomic E-state index is 14.4. The Labute approximate surface area is 267 Å². The molecule has 0 atom stereocenters. The molecule has 1 aliphatic rings. The van der Waals surface area contributed by atoms with Gasteiger partial charge in [-0.1, -0.05) is 67.0 Å². The van der Waals surface area contributed by atoms with Gasteiger partial charge in [0.15, 0.2) is 5.82 Å². The summed E-state index contributed by atoms with van der Waals surface area (Å²) in [6, 6.07) is 15.8. The topological polar surface area (TPSA) is 141 Å². The molecule has 0 unspecified atom stereocenters. The molecule has 0 spiro atoms. The number of methoxy groups -OCH3 is 1. The number of H-pyrrole nitrogens is 1. The van der Waals surface area contributed by atoms with Crippen LogP contribution in [0.4, 0.5) is 0 Å². The van der Waals surface area contributed by atoms with Crippen LogP contribution < -0.4 is 11.3 Å². The second-order valence-electron chi connectivity index (χ2n) is 13.1. The molecule has 2 aromatic carbocycles. The van der Waals surface area contributed by atoms with Crippen molar-refractivity contribution in [3.8, 4) is 22.5 Å². The van der Waals surface area contributed by atoms with Gasteiger partial charge in [0.05, 0.1) is 16.9 Å². The molecule has 242 valence electrons. The van der Waals surface area contributed by atoms with Crippen molar-refractivity contribution in [3.05, 3.63) is 92.6 Å². The molecule has 0 amide bonds. The molecule has 11 heteroatoms. The van der Waals surface area contributed by atoms with Crippen LogP contribution in [-0.4, -0.2) is 52.7 Å². The monoisotopic (exact) mass is 626 g/mol. The van der Waals surface area contributed by atoms with Crippen molar-refractivity contribution in [1.82, 2.24) is 29.3 Å². The van der Waals surface area contributed by atoms with Crippen molar-refractivity contribution in [3.63, 3.8) is 0 Å². The lowest BCUT2D eigenvalue weighted by Crippen LogP contribution is -2.41. The number of nitrogens with zero attached hydrogens (tertiary/aromatic N) is 5. The summed E-state index contributed by atoms with van der Waals surface area (Å²) in [6.45, 7) is 5.76. The molecule has 6 rings (SSSR count). The Morgan fingerprint density at radius 2 is 1.80 bits per heavy atom. The lowest BCUT2D eigenvalue weighted by atomic mass is 9.77. The Morgan fingerprint density at radius 1 is 1.09 bits per heavy atom. The van der Waals surface area contributed by atoms with Crippen LogP contribution in [0.5, 0.6) is 0 Å². The van der Waals surface area contributed by atoms with Crippen molar-refractivity contribution in [2.45, 2.75) is 95.8 Å². The van der Waals surface area contributed by atoms with E-state index in [1.54, 1.807) is 7.11 Å². The fraction of sp³-hybridized carbons (Fsp3) is 0.457. The van der Waals surface area contributed by atoms with Crippen molar-refractivity contribution in [1.29, 1.82) is 0 Å². The molecule has 0 radical (unpaired) electrons. The Morgan fingerprint density at radius 3 is 2.43 bits per heavy atom. The fourth-order valence-corrected chi connectivity index (χ4v) is 6.85. The zero-order valence-electron chi connectivity index (χ0n) is 27.0. The molecule has 46 heavy (non-hydrogen) atoms. The first-order valence-electron chi connectivity index (χ1n) is 16.1. The summed E-state index contributed by atoms with van der Waals surface area (Å²) < 4.78 is 14.5. The number of aromatic nitrogens is 6. The van der Waals surface area contributed by atoms with Gasteiger partial charge in [0.2, 0.25) is 5.78 Å². The van der Waals surface area contributed by atoms with Crippen LogP contribution in [0.25, 0.3) is 28.3 Å². The lowest BCUT2D eigenvalue weighted by molar-refractivity contribution is -0.0684. The van der Waals surface area contributed by atoms with E-state index in [1.807, 2.05) is 71.5 Å². The molecule has 0 bridgehead atoms. The Hall–Kier alpha value is -4.35. The molecule has 1 fully saturated rings. The predicted octanol–water partition coefficient (Wildman–Crippen LogP) is 5.50. The number of rotatable bonds is 11. The van der Waals surface area contributed by atoms with E-state index in [2.05, 4.69) is 27.1 Å². The number of benzene rings is 2. The van der Waals surface area contributed by atoms with Gasteiger partial charge in [0.25, 0.3) is 5.56 Å². The van der Waals surface area contributed by atoms with E-state index in [-0.39, 0.29) is 17.2 Å². The smallest absolute Gasteiger partial charge is 0.390 e. The summed E-state index contributed by atoms with van der Waals surface area (Å²) in [5.74, 6) is 0.356. The van der Waals surface area contributed by atoms with Gasteiger partial charge in [0, 0.05) is 30.7 Å². The third-order valence-corrected chi connectivity index (χ3v) is 9.44. The molecule has 3 heterocycles. The molecular weight excluding hydrogens is 584 g/mol. The largest absolute Gasteiger partial charge is 0.439 e. The minimum absolute atomic E-state index is 0.0141. The minimum Gasteiger partial charge on any atom is -0.390 e. The first-order chi connectivity index (χ1) is 22.1. The summed E-state index contributed by atoms with van der Waals surface area (Å²) in [4.78, 5) is 33.2. The Balaban J connectivity index is 1.32. The SMILES string of the molecule is CCCc1c(Cc2ccc(-c3ccccc3-c3noc(=O)[nH]3)cc2)c(=O)n(C2CCC(CCC(C)(C)O)(OC)CC2)c2ncnn12. The third kappa shape index (κ3) is 6.34. The highest BCUT2D eigenvalue weighted by Crippen LogP contribution is 2.41. The standard InChI is InChI=1S/C35H42N6O5/c1-5-8-29-28(21-23-11-13-24(14-12-23)26-9-6-7-10-27(26)30-38-33(43)46-39-30)31(42)40(32-36-22-37-41(29)32)25-15-17-35(45-4,18-16-25)20-19-34(2,3)44/h6-7,9-14,22,25,44H,5,8,15-21H2,1-4H3,(H,38,39,43). The van der Waals surface area contributed by atoms with E-state index < -0.39 is 11.4 Å². The first-order valence-corrected chi connectivity index (χ1v) is 16.1. The summed E-state index contributed by atoms with van der Waals surface area (Å²) >= 11 is 0. The minimum atomic E-state index is -0.754. The van der Waals surface area contributed by atoms with Gasteiger partial charge < -0.3 is 9.84 Å². The normalized spacial score (nSPS) is 18.8.